The van der Waals surface area contributed by atoms with E-state index < -0.39 is 6.10 Å². The molecule has 0 aromatic heterocycles. The summed E-state index contributed by atoms with van der Waals surface area (Å²) < 4.78 is 16.8. The first-order valence-corrected chi connectivity index (χ1v) is 28.9. The number of allylic oxidation sites excluding steroid dienone is 18. The molecule has 0 aromatic carbocycles. The molecule has 1 atom stereocenters. The molecule has 6 nitrogen and oxygen atoms in total. The molecule has 0 rings (SSSR count). The lowest BCUT2D eigenvalue weighted by molar-refractivity contribution is -0.167. The summed E-state index contributed by atoms with van der Waals surface area (Å²) in [5.41, 5.74) is 0. The molecule has 0 amide bonds. The van der Waals surface area contributed by atoms with E-state index in [1.807, 2.05) is 0 Å². The van der Waals surface area contributed by atoms with E-state index in [1.54, 1.807) is 0 Å². The minimum absolute atomic E-state index is 0.0929. The van der Waals surface area contributed by atoms with E-state index in [9.17, 15) is 14.4 Å². The van der Waals surface area contributed by atoms with Gasteiger partial charge in [0.05, 0.1) is 0 Å². The molecule has 70 heavy (non-hydrogen) atoms. The van der Waals surface area contributed by atoms with Crippen LogP contribution >= 0.6 is 0 Å². The quantitative estimate of drug-likeness (QED) is 0.0262. The number of hydrogen-bond donors (Lipinski definition) is 0. The number of unbranched alkanes of at least 4 members (excludes halogenated alkanes) is 22. The van der Waals surface area contributed by atoms with Gasteiger partial charge in [-0.3, -0.25) is 14.4 Å². The summed E-state index contributed by atoms with van der Waals surface area (Å²) in [6, 6.07) is 0. The van der Waals surface area contributed by atoms with Crippen LogP contribution in [0.1, 0.15) is 258 Å². The molecule has 0 bridgehead atoms. The van der Waals surface area contributed by atoms with Crippen LogP contribution in [0.25, 0.3) is 0 Å². The molecule has 0 N–H and O–H groups in total. The van der Waals surface area contributed by atoms with Crippen LogP contribution in [0, 0.1) is 0 Å². The molecule has 0 saturated carbocycles. The van der Waals surface area contributed by atoms with Crippen LogP contribution in [0.4, 0.5) is 0 Å². The van der Waals surface area contributed by atoms with Crippen molar-refractivity contribution < 1.29 is 28.6 Å². The Hall–Kier alpha value is -3.93. The first-order chi connectivity index (χ1) is 34.5. The van der Waals surface area contributed by atoms with Gasteiger partial charge in [-0.15, -0.1) is 0 Å². The zero-order valence-electron chi connectivity index (χ0n) is 45.5. The molecule has 0 radical (unpaired) electrons. The van der Waals surface area contributed by atoms with Crippen LogP contribution in [-0.4, -0.2) is 37.2 Å². The van der Waals surface area contributed by atoms with Crippen LogP contribution in [0.2, 0.25) is 0 Å². The first-order valence-electron chi connectivity index (χ1n) is 28.9. The van der Waals surface area contributed by atoms with E-state index in [1.165, 1.54) is 77.0 Å². The summed E-state index contributed by atoms with van der Waals surface area (Å²) in [6.45, 7) is 6.45. The Kier molecular flexibility index (Phi) is 54.4. The smallest absolute Gasteiger partial charge is 0.306 e. The average molecular weight is 972 g/mol. The highest BCUT2D eigenvalue weighted by Crippen LogP contribution is 2.14. The van der Waals surface area contributed by atoms with Crippen molar-refractivity contribution in [1.82, 2.24) is 0 Å². The van der Waals surface area contributed by atoms with Crippen molar-refractivity contribution >= 4 is 17.9 Å². The predicted molar refractivity (Wildman–Crippen MR) is 302 cm³/mol. The van der Waals surface area contributed by atoms with E-state index in [4.69, 9.17) is 14.2 Å². The Bertz CT molecular complexity index is 1440. The molecule has 398 valence electrons. The lowest BCUT2D eigenvalue weighted by Gasteiger charge is -2.18. The molecule has 1 unspecified atom stereocenters. The molecule has 0 heterocycles. The van der Waals surface area contributed by atoms with E-state index in [0.717, 1.165) is 141 Å². The Morgan fingerprint density at radius 1 is 0.300 bits per heavy atom. The maximum absolute atomic E-state index is 12.8. The maximum atomic E-state index is 12.8. The second-order valence-corrected chi connectivity index (χ2v) is 18.8. The van der Waals surface area contributed by atoms with E-state index in [0.29, 0.717) is 19.3 Å². The minimum Gasteiger partial charge on any atom is -0.462 e. The summed E-state index contributed by atoms with van der Waals surface area (Å²) in [7, 11) is 0. The Morgan fingerprint density at radius 2 is 0.557 bits per heavy atom. The van der Waals surface area contributed by atoms with Gasteiger partial charge in [-0.2, -0.15) is 0 Å². The molecule has 0 aromatic rings. The zero-order chi connectivity index (χ0) is 50.7. The molecule has 0 aliphatic heterocycles. The fourth-order valence-electron chi connectivity index (χ4n) is 7.65. The summed E-state index contributed by atoms with van der Waals surface area (Å²) in [4.78, 5) is 38.1. The summed E-state index contributed by atoms with van der Waals surface area (Å²) >= 11 is 0. The third-order valence-electron chi connectivity index (χ3n) is 12.0. The minimum atomic E-state index is -0.795. The van der Waals surface area contributed by atoms with Crippen molar-refractivity contribution in [2.75, 3.05) is 13.2 Å². The Morgan fingerprint density at radius 3 is 0.914 bits per heavy atom. The predicted octanol–water partition coefficient (Wildman–Crippen LogP) is 19.5. The molecule has 0 saturated heterocycles. The fourth-order valence-corrected chi connectivity index (χ4v) is 7.65. The normalized spacial score (nSPS) is 12.9. The van der Waals surface area contributed by atoms with Gasteiger partial charge >= 0.3 is 17.9 Å². The van der Waals surface area contributed by atoms with Crippen LogP contribution < -0.4 is 0 Å². The summed E-state index contributed by atoms with van der Waals surface area (Å²) in [6.07, 6.45) is 77.9. The van der Waals surface area contributed by atoms with E-state index in [2.05, 4.69) is 130 Å². The number of hydrogen-bond acceptors (Lipinski definition) is 6. The van der Waals surface area contributed by atoms with Gasteiger partial charge in [0.15, 0.2) is 6.10 Å². The topological polar surface area (TPSA) is 78.9 Å². The van der Waals surface area contributed by atoms with Crippen molar-refractivity contribution in [3.63, 3.8) is 0 Å². The van der Waals surface area contributed by atoms with Crippen LogP contribution in [0.15, 0.2) is 109 Å². The van der Waals surface area contributed by atoms with Gasteiger partial charge in [0.2, 0.25) is 0 Å². The number of carbonyl (C=O) groups is 3. The molecule has 6 heteroatoms. The van der Waals surface area contributed by atoms with Gasteiger partial charge in [-0.1, -0.05) is 220 Å². The Balaban J connectivity index is 4.35. The highest BCUT2D eigenvalue weighted by Gasteiger charge is 2.19. The largest absolute Gasteiger partial charge is 0.462 e. The highest BCUT2D eigenvalue weighted by molar-refractivity contribution is 5.71. The van der Waals surface area contributed by atoms with Crippen molar-refractivity contribution in [2.24, 2.45) is 0 Å². The number of rotatable bonds is 51. The van der Waals surface area contributed by atoms with Gasteiger partial charge in [-0.25, -0.2) is 0 Å². The molecule has 0 fully saturated rings. The summed E-state index contributed by atoms with van der Waals surface area (Å²) in [5.74, 6) is -0.931. The second kappa shape index (κ2) is 57.6. The van der Waals surface area contributed by atoms with E-state index in [-0.39, 0.29) is 31.1 Å². The van der Waals surface area contributed by atoms with Crippen molar-refractivity contribution in [1.29, 1.82) is 0 Å². The molecular formula is C64H106O6. The molecule has 0 aliphatic carbocycles. The third-order valence-corrected chi connectivity index (χ3v) is 12.0. The van der Waals surface area contributed by atoms with Crippen molar-refractivity contribution in [2.45, 2.75) is 264 Å². The van der Waals surface area contributed by atoms with Crippen molar-refractivity contribution in [3.8, 4) is 0 Å². The van der Waals surface area contributed by atoms with Crippen LogP contribution in [0.5, 0.6) is 0 Å². The van der Waals surface area contributed by atoms with Gasteiger partial charge in [0.25, 0.3) is 0 Å². The first kappa shape index (κ1) is 66.1. The summed E-state index contributed by atoms with van der Waals surface area (Å²) in [5, 5.41) is 0. The third kappa shape index (κ3) is 55.0. The fraction of sp³-hybridized carbons (Fsp3) is 0.672. The van der Waals surface area contributed by atoms with Crippen molar-refractivity contribution in [3.05, 3.63) is 109 Å². The lowest BCUT2D eigenvalue weighted by atomic mass is 10.1. The standard InChI is InChI=1S/C64H106O6/c1-4-7-10-13-16-19-22-25-26-27-28-29-30-31-32-33-34-35-36-37-38-40-42-45-48-51-54-57-63(66)69-60-61(59-68-62(65)56-53-50-47-44-41-24-21-18-15-12-9-6-3)70-64(67)58-55-52-49-46-43-39-23-20-17-14-11-8-5-2/h7,10,16,18-21,23,25-26,28-29,31-32,34-35,37-38,61H,4-6,8-9,11-15,17,22,24,27,30,33,36,39-60H2,1-3H3/b10-7-,19-16-,21-18-,23-20-,26-25-,29-28-,32-31-,35-34-,38-37-. The Labute approximate surface area is 431 Å². The number of esters is 3. The number of ether oxygens (including phenoxy) is 3. The average Bonchev–Trinajstić information content (AvgIpc) is 3.36. The highest BCUT2D eigenvalue weighted by atomic mass is 16.6. The van der Waals surface area contributed by atoms with Gasteiger partial charge < -0.3 is 14.2 Å². The van der Waals surface area contributed by atoms with Crippen LogP contribution in [0.3, 0.4) is 0 Å². The van der Waals surface area contributed by atoms with E-state index >= 15 is 0 Å². The van der Waals surface area contributed by atoms with Gasteiger partial charge in [-0.05, 0) is 128 Å². The molecule has 0 spiro atoms. The monoisotopic (exact) mass is 971 g/mol. The molecular weight excluding hydrogens is 865 g/mol. The molecule has 0 aliphatic rings. The second-order valence-electron chi connectivity index (χ2n) is 18.8. The maximum Gasteiger partial charge on any atom is 0.306 e. The van der Waals surface area contributed by atoms with Gasteiger partial charge in [0.1, 0.15) is 13.2 Å². The number of carbonyl (C=O) groups excluding carboxylic acids is 3. The van der Waals surface area contributed by atoms with Gasteiger partial charge in [0, 0.05) is 19.3 Å². The zero-order valence-corrected chi connectivity index (χ0v) is 45.5. The van der Waals surface area contributed by atoms with Crippen LogP contribution in [-0.2, 0) is 28.6 Å². The lowest BCUT2D eigenvalue weighted by Crippen LogP contribution is -2.30. The SMILES string of the molecule is CC/C=C\C/C=C\C/C=C\C/C=C\C/C=C\C/C=C\C/C=C\CCCCCCCC(=O)OCC(COC(=O)CCCCCCC/C=C\CCCCC)OC(=O)CCCCCCC/C=C\CCCCCC.